The molecule has 0 radical (unpaired) electrons. The van der Waals surface area contributed by atoms with Gasteiger partial charge in [-0.1, -0.05) is 6.92 Å². The van der Waals surface area contributed by atoms with Gasteiger partial charge in [-0.15, -0.1) is 0 Å². The van der Waals surface area contributed by atoms with Gasteiger partial charge in [0.15, 0.2) is 0 Å². The minimum atomic E-state index is -0.490. The minimum Gasteiger partial charge on any atom is -0.507 e. The fourth-order valence-electron chi connectivity index (χ4n) is 1.31. The van der Waals surface area contributed by atoms with E-state index in [2.05, 4.69) is 0 Å². The standard InChI is InChI=1S/C11H17NO2/c1-4-11(2,12)9-6-5-8(14-3)7-10(9)13/h5-7,13H,4,12H2,1-3H3. The average Bonchev–Trinajstić information content (AvgIpc) is 2.17. The fraction of sp³-hybridized carbons (Fsp3) is 0.455. The highest BCUT2D eigenvalue weighted by Gasteiger charge is 2.22. The van der Waals surface area contributed by atoms with Crippen LogP contribution in [0.4, 0.5) is 0 Å². The van der Waals surface area contributed by atoms with Crippen LogP contribution in [0.5, 0.6) is 11.5 Å². The Morgan fingerprint density at radius 3 is 2.57 bits per heavy atom. The molecule has 0 aliphatic carbocycles. The predicted octanol–water partition coefficient (Wildman–Crippen LogP) is 1.98. The molecule has 0 aromatic heterocycles. The zero-order valence-corrected chi connectivity index (χ0v) is 8.87. The first kappa shape index (κ1) is 10.9. The van der Waals surface area contributed by atoms with E-state index < -0.39 is 5.54 Å². The third-order valence-corrected chi connectivity index (χ3v) is 2.55. The van der Waals surface area contributed by atoms with Crippen LogP contribution in [0.15, 0.2) is 18.2 Å². The number of ether oxygens (including phenoxy) is 1. The molecule has 0 fully saturated rings. The van der Waals surface area contributed by atoms with Crippen LogP contribution in [0.1, 0.15) is 25.8 Å². The van der Waals surface area contributed by atoms with Crippen LogP contribution in [0.3, 0.4) is 0 Å². The van der Waals surface area contributed by atoms with Crippen molar-refractivity contribution in [1.29, 1.82) is 0 Å². The van der Waals surface area contributed by atoms with Gasteiger partial charge < -0.3 is 15.6 Å². The molecule has 1 atom stereocenters. The monoisotopic (exact) mass is 195 g/mol. The molecule has 0 aliphatic heterocycles. The summed E-state index contributed by atoms with van der Waals surface area (Å²) in [6.07, 6.45) is 0.771. The predicted molar refractivity (Wildman–Crippen MR) is 56.5 cm³/mol. The summed E-state index contributed by atoms with van der Waals surface area (Å²) < 4.78 is 5.00. The molecule has 0 amide bonds. The van der Waals surface area contributed by atoms with Crippen molar-refractivity contribution in [3.8, 4) is 11.5 Å². The van der Waals surface area contributed by atoms with Crippen LogP contribution in [-0.4, -0.2) is 12.2 Å². The van der Waals surface area contributed by atoms with Crippen LogP contribution < -0.4 is 10.5 Å². The Kier molecular flexibility index (Phi) is 3.01. The highest BCUT2D eigenvalue weighted by Crippen LogP contribution is 2.32. The van der Waals surface area contributed by atoms with Crippen LogP contribution in [0, 0.1) is 0 Å². The van der Waals surface area contributed by atoms with Crippen molar-refractivity contribution >= 4 is 0 Å². The van der Waals surface area contributed by atoms with Crippen molar-refractivity contribution in [3.63, 3.8) is 0 Å². The number of phenols is 1. The average molecular weight is 195 g/mol. The SMILES string of the molecule is CCC(C)(N)c1ccc(OC)cc1O. The summed E-state index contributed by atoms with van der Waals surface area (Å²) in [6, 6.07) is 5.18. The Labute approximate surface area is 84.5 Å². The van der Waals surface area contributed by atoms with E-state index in [1.165, 1.54) is 0 Å². The number of rotatable bonds is 3. The maximum atomic E-state index is 9.73. The van der Waals surface area contributed by atoms with Gasteiger partial charge in [0.25, 0.3) is 0 Å². The fourth-order valence-corrected chi connectivity index (χ4v) is 1.31. The van der Waals surface area contributed by atoms with E-state index in [0.717, 1.165) is 12.0 Å². The number of hydrogen-bond acceptors (Lipinski definition) is 3. The van der Waals surface area contributed by atoms with E-state index in [1.807, 2.05) is 13.8 Å². The highest BCUT2D eigenvalue weighted by molar-refractivity contribution is 5.43. The first-order valence-corrected chi connectivity index (χ1v) is 4.67. The van der Waals surface area contributed by atoms with Crippen LogP contribution in [0.25, 0.3) is 0 Å². The Bertz CT molecular complexity index is 321. The lowest BCUT2D eigenvalue weighted by Crippen LogP contribution is -2.31. The van der Waals surface area contributed by atoms with E-state index in [9.17, 15) is 5.11 Å². The van der Waals surface area contributed by atoms with Gasteiger partial charge in [-0.25, -0.2) is 0 Å². The molecule has 78 valence electrons. The van der Waals surface area contributed by atoms with Crippen molar-refractivity contribution < 1.29 is 9.84 Å². The number of methoxy groups -OCH3 is 1. The highest BCUT2D eigenvalue weighted by atomic mass is 16.5. The van der Waals surface area contributed by atoms with E-state index in [1.54, 1.807) is 25.3 Å². The number of nitrogens with two attached hydrogens (primary N) is 1. The molecule has 1 aromatic carbocycles. The van der Waals surface area contributed by atoms with E-state index in [-0.39, 0.29) is 5.75 Å². The van der Waals surface area contributed by atoms with Gasteiger partial charge in [0, 0.05) is 17.2 Å². The van der Waals surface area contributed by atoms with E-state index in [0.29, 0.717) is 5.75 Å². The summed E-state index contributed by atoms with van der Waals surface area (Å²) in [5.74, 6) is 0.828. The summed E-state index contributed by atoms with van der Waals surface area (Å²) in [4.78, 5) is 0. The lowest BCUT2D eigenvalue weighted by molar-refractivity contribution is 0.394. The second-order valence-corrected chi connectivity index (χ2v) is 3.65. The zero-order valence-electron chi connectivity index (χ0n) is 8.87. The Morgan fingerprint density at radius 2 is 2.14 bits per heavy atom. The van der Waals surface area contributed by atoms with E-state index in [4.69, 9.17) is 10.5 Å². The van der Waals surface area contributed by atoms with Crippen LogP contribution in [-0.2, 0) is 5.54 Å². The number of phenolic OH excluding ortho intramolecular Hbond substituents is 1. The first-order valence-electron chi connectivity index (χ1n) is 4.67. The molecule has 14 heavy (non-hydrogen) atoms. The minimum absolute atomic E-state index is 0.191. The van der Waals surface area contributed by atoms with Crippen molar-refractivity contribution in [2.45, 2.75) is 25.8 Å². The normalized spacial score (nSPS) is 14.9. The first-order chi connectivity index (χ1) is 6.51. The molecule has 0 aliphatic rings. The van der Waals surface area contributed by atoms with E-state index >= 15 is 0 Å². The molecule has 0 saturated carbocycles. The molecule has 1 aromatic rings. The van der Waals surface area contributed by atoms with Crippen LogP contribution >= 0.6 is 0 Å². The third-order valence-electron chi connectivity index (χ3n) is 2.55. The van der Waals surface area contributed by atoms with Crippen molar-refractivity contribution in [2.75, 3.05) is 7.11 Å². The molecule has 1 rings (SSSR count). The van der Waals surface area contributed by atoms with Gasteiger partial charge in [0.1, 0.15) is 11.5 Å². The smallest absolute Gasteiger partial charge is 0.124 e. The molecular weight excluding hydrogens is 178 g/mol. The van der Waals surface area contributed by atoms with Crippen molar-refractivity contribution in [3.05, 3.63) is 23.8 Å². The van der Waals surface area contributed by atoms with Gasteiger partial charge in [0.2, 0.25) is 0 Å². The van der Waals surface area contributed by atoms with Crippen LogP contribution in [0.2, 0.25) is 0 Å². The molecule has 0 spiro atoms. The molecule has 0 saturated heterocycles. The Morgan fingerprint density at radius 1 is 1.50 bits per heavy atom. The molecule has 3 nitrogen and oxygen atoms in total. The van der Waals surface area contributed by atoms with Crippen molar-refractivity contribution in [1.82, 2.24) is 0 Å². The summed E-state index contributed by atoms with van der Waals surface area (Å²) in [6.45, 7) is 3.89. The lowest BCUT2D eigenvalue weighted by atomic mass is 9.90. The second kappa shape index (κ2) is 3.88. The Hall–Kier alpha value is -1.22. The summed E-state index contributed by atoms with van der Waals surface area (Å²) in [5.41, 5.74) is 6.29. The zero-order chi connectivity index (χ0) is 10.8. The molecule has 0 heterocycles. The second-order valence-electron chi connectivity index (χ2n) is 3.65. The molecule has 1 unspecified atom stereocenters. The maximum absolute atomic E-state index is 9.73. The molecular formula is C11H17NO2. The largest absolute Gasteiger partial charge is 0.507 e. The number of benzene rings is 1. The summed E-state index contributed by atoms with van der Waals surface area (Å²) in [5, 5.41) is 9.73. The quantitative estimate of drug-likeness (QED) is 0.775. The van der Waals surface area contributed by atoms with Gasteiger partial charge in [-0.05, 0) is 25.5 Å². The maximum Gasteiger partial charge on any atom is 0.124 e. The number of hydrogen-bond donors (Lipinski definition) is 2. The molecule has 0 bridgehead atoms. The summed E-state index contributed by atoms with van der Waals surface area (Å²) in [7, 11) is 1.57. The van der Waals surface area contributed by atoms with Gasteiger partial charge in [-0.3, -0.25) is 0 Å². The van der Waals surface area contributed by atoms with Gasteiger partial charge in [0.05, 0.1) is 7.11 Å². The lowest BCUT2D eigenvalue weighted by Gasteiger charge is -2.24. The van der Waals surface area contributed by atoms with Gasteiger partial charge >= 0.3 is 0 Å². The summed E-state index contributed by atoms with van der Waals surface area (Å²) >= 11 is 0. The Balaban J connectivity index is 3.12. The molecule has 3 heteroatoms. The third kappa shape index (κ3) is 1.99. The van der Waals surface area contributed by atoms with Gasteiger partial charge in [-0.2, -0.15) is 0 Å². The topological polar surface area (TPSA) is 55.5 Å². The van der Waals surface area contributed by atoms with Crippen molar-refractivity contribution in [2.24, 2.45) is 5.73 Å². The molecule has 3 N–H and O–H groups in total. The number of aromatic hydroxyl groups is 1.